The van der Waals surface area contributed by atoms with Crippen LogP contribution in [0.5, 0.6) is 5.75 Å². The molecule has 0 bridgehead atoms. The summed E-state index contributed by atoms with van der Waals surface area (Å²) in [4.78, 5) is 9.01. The van der Waals surface area contributed by atoms with Crippen molar-refractivity contribution in [1.29, 1.82) is 0 Å². The first kappa shape index (κ1) is 19.8. The molecule has 1 aliphatic rings. The fourth-order valence-electron chi connectivity index (χ4n) is 3.63. The topological polar surface area (TPSA) is 52.3 Å². The summed E-state index contributed by atoms with van der Waals surface area (Å²) in [5, 5.41) is 5.80. The second-order valence-corrected chi connectivity index (χ2v) is 8.08. The number of aromatic nitrogens is 3. The predicted octanol–water partition coefficient (Wildman–Crippen LogP) is 6.28. The van der Waals surface area contributed by atoms with Gasteiger partial charge in [0.1, 0.15) is 18.7 Å². The summed E-state index contributed by atoms with van der Waals surface area (Å²) < 4.78 is 7.78. The molecule has 31 heavy (non-hydrogen) atoms. The van der Waals surface area contributed by atoms with Crippen LogP contribution in [-0.4, -0.2) is 20.5 Å². The summed E-state index contributed by atoms with van der Waals surface area (Å²) in [5.74, 6) is 1.38. The Hall–Kier alpha value is -3.15. The molecule has 0 N–H and O–H groups in total. The molecule has 1 aromatic heterocycles. The third-order valence-corrected chi connectivity index (χ3v) is 5.89. The highest BCUT2D eigenvalue weighted by Gasteiger charge is 2.26. The second-order valence-electron chi connectivity index (χ2n) is 7.24. The Kier molecular flexibility index (Phi) is 5.45. The van der Waals surface area contributed by atoms with Crippen molar-refractivity contribution in [3.05, 3.63) is 106 Å². The van der Waals surface area contributed by atoms with Gasteiger partial charge in [0, 0.05) is 22.0 Å². The predicted molar refractivity (Wildman–Crippen MR) is 123 cm³/mol. The molecule has 1 aliphatic heterocycles. The van der Waals surface area contributed by atoms with E-state index in [9.17, 15) is 0 Å². The van der Waals surface area contributed by atoms with Crippen LogP contribution in [-0.2, 0) is 6.61 Å². The normalized spacial score (nSPS) is 15.3. The van der Waals surface area contributed by atoms with Gasteiger partial charge in [0.2, 0.25) is 5.95 Å². The molecule has 0 saturated heterocycles. The van der Waals surface area contributed by atoms with Gasteiger partial charge < -0.3 is 4.74 Å². The van der Waals surface area contributed by atoms with Crippen LogP contribution in [0.15, 0.2) is 84.1 Å². The molecule has 7 heteroatoms. The van der Waals surface area contributed by atoms with Crippen LogP contribution < -0.4 is 4.74 Å². The number of aliphatic imine (C=N–C) groups is 1. The van der Waals surface area contributed by atoms with E-state index in [0.717, 1.165) is 28.2 Å². The average molecular weight is 449 g/mol. The molecule has 4 aromatic rings. The minimum absolute atomic E-state index is 0.00158. The Bertz CT molecular complexity index is 1230. The van der Waals surface area contributed by atoms with Crippen molar-refractivity contribution >= 4 is 34.9 Å². The summed E-state index contributed by atoms with van der Waals surface area (Å²) in [6.45, 7) is 0.420. The van der Waals surface area contributed by atoms with Crippen LogP contribution in [0.25, 0.3) is 0 Å². The second kappa shape index (κ2) is 8.53. The van der Waals surface area contributed by atoms with Crippen LogP contribution in [0.1, 0.15) is 29.2 Å². The van der Waals surface area contributed by atoms with Crippen molar-refractivity contribution in [3.8, 4) is 5.75 Å². The molecule has 5 nitrogen and oxygen atoms in total. The number of ether oxygens (including phenoxy) is 1. The standard InChI is InChI=1S/C24H18Cl2N4O/c25-19-9-5-16(6-10-19)22-13-23(30-24(29-22)27-15-28-30)17-7-11-20(12-8-17)31-14-18-3-1-2-4-21(18)26/h1-12,15,23H,13-14H2. The summed E-state index contributed by atoms with van der Waals surface area (Å²) in [7, 11) is 0. The zero-order valence-corrected chi connectivity index (χ0v) is 18.0. The molecule has 0 spiro atoms. The van der Waals surface area contributed by atoms with Crippen LogP contribution in [0.3, 0.4) is 0 Å². The van der Waals surface area contributed by atoms with Crippen molar-refractivity contribution < 1.29 is 4.74 Å². The van der Waals surface area contributed by atoms with Crippen LogP contribution in [0.4, 0.5) is 5.95 Å². The highest BCUT2D eigenvalue weighted by molar-refractivity contribution is 6.31. The number of hydrogen-bond acceptors (Lipinski definition) is 4. The monoisotopic (exact) mass is 448 g/mol. The molecule has 2 heterocycles. The van der Waals surface area contributed by atoms with E-state index in [4.69, 9.17) is 32.9 Å². The lowest BCUT2D eigenvalue weighted by atomic mass is 9.96. The van der Waals surface area contributed by atoms with Crippen molar-refractivity contribution in [3.63, 3.8) is 0 Å². The van der Waals surface area contributed by atoms with Gasteiger partial charge in [0.05, 0.1) is 11.8 Å². The van der Waals surface area contributed by atoms with Crippen LogP contribution in [0.2, 0.25) is 10.0 Å². The lowest BCUT2D eigenvalue weighted by Crippen LogP contribution is -2.21. The zero-order valence-electron chi connectivity index (χ0n) is 16.5. The van der Waals surface area contributed by atoms with Gasteiger partial charge >= 0.3 is 0 Å². The molecule has 0 fully saturated rings. The van der Waals surface area contributed by atoms with Crippen molar-refractivity contribution in [1.82, 2.24) is 14.8 Å². The number of fused-ring (bicyclic) bond motifs is 1. The van der Waals surface area contributed by atoms with Gasteiger partial charge in [-0.25, -0.2) is 9.67 Å². The molecule has 0 amide bonds. The van der Waals surface area contributed by atoms with Gasteiger partial charge in [0.25, 0.3) is 0 Å². The zero-order chi connectivity index (χ0) is 21.2. The van der Waals surface area contributed by atoms with Crippen LogP contribution >= 0.6 is 23.2 Å². The van der Waals surface area contributed by atoms with E-state index in [1.54, 1.807) is 0 Å². The van der Waals surface area contributed by atoms with Gasteiger partial charge in [-0.3, -0.25) is 0 Å². The summed E-state index contributed by atoms with van der Waals surface area (Å²) in [6, 6.07) is 23.4. The van der Waals surface area contributed by atoms with E-state index < -0.39 is 0 Å². The molecule has 3 aromatic carbocycles. The Balaban J connectivity index is 1.36. The number of nitrogens with zero attached hydrogens (tertiary/aromatic N) is 4. The Morgan fingerprint density at radius 2 is 1.71 bits per heavy atom. The molecule has 1 atom stereocenters. The van der Waals surface area contributed by atoms with E-state index in [-0.39, 0.29) is 6.04 Å². The van der Waals surface area contributed by atoms with Gasteiger partial charge in [-0.2, -0.15) is 10.1 Å². The van der Waals surface area contributed by atoms with E-state index in [0.29, 0.717) is 29.0 Å². The molecular weight excluding hydrogens is 431 g/mol. The lowest BCUT2D eigenvalue weighted by molar-refractivity contribution is 0.306. The Morgan fingerprint density at radius 1 is 0.935 bits per heavy atom. The van der Waals surface area contributed by atoms with Gasteiger partial charge in [-0.15, -0.1) is 0 Å². The van der Waals surface area contributed by atoms with Crippen LogP contribution in [0, 0.1) is 0 Å². The average Bonchev–Trinajstić information content (AvgIpc) is 3.28. The largest absolute Gasteiger partial charge is 0.489 e. The quantitative estimate of drug-likeness (QED) is 0.361. The maximum Gasteiger partial charge on any atom is 0.248 e. The van der Waals surface area contributed by atoms with E-state index in [1.165, 1.54) is 6.33 Å². The first-order valence-corrected chi connectivity index (χ1v) is 10.6. The fraction of sp³-hybridized carbons (Fsp3) is 0.125. The minimum atomic E-state index is -0.00158. The van der Waals surface area contributed by atoms with E-state index in [1.807, 2.05) is 65.3 Å². The highest BCUT2D eigenvalue weighted by atomic mass is 35.5. The number of hydrogen-bond donors (Lipinski definition) is 0. The molecule has 0 radical (unpaired) electrons. The number of rotatable bonds is 5. The third-order valence-electron chi connectivity index (χ3n) is 5.27. The minimum Gasteiger partial charge on any atom is -0.489 e. The highest BCUT2D eigenvalue weighted by Crippen LogP contribution is 2.33. The number of halogens is 2. The first-order valence-electron chi connectivity index (χ1n) is 9.86. The molecule has 154 valence electrons. The van der Waals surface area contributed by atoms with Gasteiger partial charge in [-0.1, -0.05) is 65.7 Å². The Labute approximate surface area is 189 Å². The maximum atomic E-state index is 6.21. The SMILES string of the molecule is Clc1ccc(C2=Nc3ncnn3C(c3ccc(OCc4ccccc4Cl)cc3)C2)cc1. The lowest BCUT2D eigenvalue weighted by Gasteiger charge is -2.24. The molecule has 5 rings (SSSR count). The molecule has 1 unspecified atom stereocenters. The van der Waals surface area contributed by atoms with Crippen molar-refractivity contribution in [2.45, 2.75) is 19.1 Å². The fourth-order valence-corrected chi connectivity index (χ4v) is 3.94. The van der Waals surface area contributed by atoms with Gasteiger partial charge in [0.15, 0.2) is 0 Å². The third kappa shape index (κ3) is 4.20. The summed E-state index contributed by atoms with van der Waals surface area (Å²) in [5.41, 5.74) is 4.05. The smallest absolute Gasteiger partial charge is 0.248 e. The summed E-state index contributed by atoms with van der Waals surface area (Å²) >= 11 is 12.3. The maximum absolute atomic E-state index is 6.21. The van der Waals surface area contributed by atoms with Crippen molar-refractivity contribution in [2.75, 3.05) is 0 Å². The Morgan fingerprint density at radius 3 is 2.48 bits per heavy atom. The van der Waals surface area contributed by atoms with E-state index >= 15 is 0 Å². The molecule has 0 aliphatic carbocycles. The van der Waals surface area contributed by atoms with Crippen molar-refractivity contribution in [2.24, 2.45) is 4.99 Å². The van der Waals surface area contributed by atoms with Gasteiger partial charge in [-0.05, 0) is 41.5 Å². The van der Waals surface area contributed by atoms with E-state index in [2.05, 4.69) is 22.2 Å². The number of benzene rings is 3. The molecule has 0 saturated carbocycles. The molecular formula is C24H18Cl2N4O. The summed E-state index contributed by atoms with van der Waals surface area (Å²) in [6.07, 6.45) is 2.25. The first-order chi connectivity index (χ1) is 15.2.